The summed E-state index contributed by atoms with van der Waals surface area (Å²) in [5.74, 6) is -0.0944. The molecule has 98 valence electrons. The van der Waals surface area contributed by atoms with Gasteiger partial charge in [-0.25, -0.2) is 0 Å². The number of oxime groups is 1. The quantitative estimate of drug-likeness (QED) is 0.811. The van der Waals surface area contributed by atoms with Gasteiger partial charge in [-0.2, -0.15) is 0 Å². The SMILES string of the molecule is CCCCCC1=NOC(O)C1c1ccccc1C. The zero-order chi connectivity index (χ0) is 13.0. The van der Waals surface area contributed by atoms with Gasteiger partial charge in [-0.1, -0.05) is 49.2 Å². The minimum Gasteiger partial charge on any atom is -0.363 e. The first-order chi connectivity index (χ1) is 8.74. The molecule has 1 aromatic carbocycles. The van der Waals surface area contributed by atoms with Crippen LogP contribution in [-0.2, 0) is 4.84 Å². The van der Waals surface area contributed by atoms with Crippen molar-refractivity contribution in [1.82, 2.24) is 0 Å². The molecule has 0 fully saturated rings. The van der Waals surface area contributed by atoms with Crippen molar-refractivity contribution in [2.24, 2.45) is 5.16 Å². The second-order valence-corrected chi connectivity index (χ2v) is 4.87. The Balaban J connectivity index is 2.14. The summed E-state index contributed by atoms with van der Waals surface area (Å²) in [6.45, 7) is 4.24. The van der Waals surface area contributed by atoms with E-state index in [9.17, 15) is 5.11 Å². The predicted molar refractivity (Wildman–Crippen MR) is 72.6 cm³/mol. The maximum atomic E-state index is 9.96. The lowest BCUT2D eigenvalue weighted by molar-refractivity contribution is -0.0854. The van der Waals surface area contributed by atoms with Crippen molar-refractivity contribution in [1.29, 1.82) is 0 Å². The number of hydrogen-bond acceptors (Lipinski definition) is 3. The van der Waals surface area contributed by atoms with Crippen LogP contribution in [0.25, 0.3) is 0 Å². The molecule has 1 aromatic rings. The van der Waals surface area contributed by atoms with Crippen molar-refractivity contribution < 1.29 is 9.94 Å². The lowest BCUT2D eigenvalue weighted by Gasteiger charge is -2.17. The molecule has 1 aliphatic heterocycles. The van der Waals surface area contributed by atoms with Crippen LogP contribution >= 0.6 is 0 Å². The van der Waals surface area contributed by atoms with Crippen LogP contribution in [0, 0.1) is 6.92 Å². The second kappa shape index (κ2) is 6.01. The molecule has 1 N–H and O–H groups in total. The average molecular weight is 247 g/mol. The van der Waals surface area contributed by atoms with E-state index in [2.05, 4.69) is 25.1 Å². The molecule has 0 saturated carbocycles. The van der Waals surface area contributed by atoms with Crippen LogP contribution in [0.2, 0.25) is 0 Å². The molecule has 0 aliphatic carbocycles. The van der Waals surface area contributed by atoms with Gasteiger partial charge in [-0.05, 0) is 30.9 Å². The molecule has 0 radical (unpaired) electrons. The van der Waals surface area contributed by atoms with E-state index in [1.165, 1.54) is 18.4 Å². The van der Waals surface area contributed by atoms with Crippen LogP contribution in [-0.4, -0.2) is 17.1 Å². The van der Waals surface area contributed by atoms with E-state index in [0.717, 1.165) is 24.1 Å². The molecule has 0 bridgehead atoms. The van der Waals surface area contributed by atoms with E-state index in [1.807, 2.05) is 18.2 Å². The number of unbranched alkanes of at least 4 members (excludes halogenated alkanes) is 2. The van der Waals surface area contributed by atoms with Crippen molar-refractivity contribution in [3.05, 3.63) is 35.4 Å². The lowest BCUT2D eigenvalue weighted by Crippen LogP contribution is -2.21. The fraction of sp³-hybridized carbons (Fsp3) is 0.533. The third kappa shape index (κ3) is 2.72. The highest BCUT2D eigenvalue weighted by atomic mass is 16.7. The smallest absolute Gasteiger partial charge is 0.236 e. The van der Waals surface area contributed by atoms with Crippen molar-refractivity contribution in [3.8, 4) is 0 Å². The fourth-order valence-electron chi connectivity index (χ4n) is 2.43. The van der Waals surface area contributed by atoms with Crippen molar-refractivity contribution in [2.45, 2.75) is 51.7 Å². The van der Waals surface area contributed by atoms with E-state index < -0.39 is 6.29 Å². The van der Waals surface area contributed by atoms with Gasteiger partial charge in [-0.15, -0.1) is 0 Å². The van der Waals surface area contributed by atoms with E-state index in [1.54, 1.807) is 0 Å². The number of nitrogens with zero attached hydrogens (tertiary/aromatic N) is 1. The van der Waals surface area contributed by atoms with Crippen LogP contribution in [0.5, 0.6) is 0 Å². The van der Waals surface area contributed by atoms with Gasteiger partial charge in [0.1, 0.15) is 0 Å². The van der Waals surface area contributed by atoms with Gasteiger partial charge in [0.2, 0.25) is 6.29 Å². The van der Waals surface area contributed by atoms with Gasteiger partial charge in [0, 0.05) is 0 Å². The van der Waals surface area contributed by atoms with Gasteiger partial charge < -0.3 is 9.94 Å². The Kier molecular flexibility index (Phi) is 4.37. The molecule has 1 heterocycles. The van der Waals surface area contributed by atoms with Gasteiger partial charge >= 0.3 is 0 Å². The average Bonchev–Trinajstić information content (AvgIpc) is 2.72. The molecule has 2 unspecified atom stereocenters. The van der Waals surface area contributed by atoms with E-state index >= 15 is 0 Å². The number of rotatable bonds is 5. The molecule has 2 rings (SSSR count). The third-order valence-corrected chi connectivity index (χ3v) is 3.48. The molecule has 0 amide bonds. The summed E-state index contributed by atoms with van der Waals surface area (Å²) in [5, 5.41) is 14.0. The van der Waals surface area contributed by atoms with Crippen molar-refractivity contribution in [2.75, 3.05) is 0 Å². The number of aryl methyl sites for hydroxylation is 1. The van der Waals surface area contributed by atoms with Crippen molar-refractivity contribution in [3.63, 3.8) is 0 Å². The summed E-state index contributed by atoms with van der Waals surface area (Å²) in [6, 6.07) is 8.11. The minimum atomic E-state index is -0.831. The van der Waals surface area contributed by atoms with Crippen molar-refractivity contribution >= 4 is 5.71 Å². The lowest BCUT2D eigenvalue weighted by atomic mass is 9.88. The molecule has 3 nitrogen and oxygen atoms in total. The molecule has 2 atom stereocenters. The van der Waals surface area contributed by atoms with Gasteiger partial charge in [0.15, 0.2) is 0 Å². The molecule has 3 heteroatoms. The van der Waals surface area contributed by atoms with E-state index in [4.69, 9.17) is 4.84 Å². The topological polar surface area (TPSA) is 41.8 Å². The summed E-state index contributed by atoms with van der Waals surface area (Å²) < 4.78 is 0. The first-order valence-electron chi connectivity index (χ1n) is 6.70. The first-order valence-corrected chi connectivity index (χ1v) is 6.70. The fourth-order valence-corrected chi connectivity index (χ4v) is 2.43. The molecule has 0 spiro atoms. The Morgan fingerprint density at radius 1 is 1.28 bits per heavy atom. The Hall–Kier alpha value is -1.35. The normalized spacial score (nSPS) is 22.7. The van der Waals surface area contributed by atoms with E-state index in [0.29, 0.717) is 0 Å². The summed E-state index contributed by atoms with van der Waals surface area (Å²) in [6.07, 6.45) is 3.56. The Labute approximate surface area is 108 Å². The number of benzene rings is 1. The largest absolute Gasteiger partial charge is 0.363 e. The molecule has 0 aromatic heterocycles. The van der Waals surface area contributed by atoms with Crippen LogP contribution in [0.15, 0.2) is 29.4 Å². The number of hydrogen-bond donors (Lipinski definition) is 1. The molecule has 0 saturated heterocycles. The Morgan fingerprint density at radius 2 is 2.06 bits per heavy atom. The molecular weight excluding hydrogens is 226 g/mol. The number of aliphatic hydroxyl groups excluding tert-OH is 1. The van der Waals surface area contributed by atoms with Crippen LogP contribution < -0.4 is 0 Å². The summed E-state index contributed by atoms with van der Waals surface area (Å²) in [4.78, 5) is 5.06. The van der Waals surface area contributed by atoms with Gasteiger partial charge in [-0.3, -0.25) is 0 Å². The molecule has 18 heavy (non-hydrogen) atoms. The third-order valence-electron chi connectivity index (χ3n) is 3.48. The standard InChI is InChI=1S/C15H21NO2/c1-3-4-5-10-13-14(15(17)18-16-13)12-9-7-6-8-11(12)2/h6-9,14-15,17H,3-5,10H2,1-2H3. The van der Waals surface area contributed by atoms with Crippen LogP contribution in [0.4, 0.5) is 0 Å². The highest BCUT2D eigenvalue weighted by Gasteiger charge is 2.34. The maximum absolute atomic E-state index is 9.96. The maximum Gasteiger partial charge on any atom is 0.236 e. The molecular formula is C15H21NO2. The monoisotopic (exact) mass is 247 g/mol. The summed E-state index contributed by atoms with van der Waals surface area (Å²) in [7, 11) is 0. The second-order valence-electron chi connectivity index (χ2n) is 4.87. The Bertz CT molecular complexity index is 428. The molecule has 1 aliphatic rings. The highest BCUT2D eigenvalue weighted by molar-refractivity contribution is 5.92. The van der Waals surface area contributed by atoms with E-state index in [-0.39, 0.29) is 5.92 Å². The predicted octanol–water partition coefficient (Wildman–Crippen LogP) is 3.36. The highest BCUT2D eigenvalue weighted by Crippen LogP contribution is 2.31. The van der Waals surface area contributed by atoms with Crippen LogP contribution in [0.1, 0.15) is 49.7 Å². The Morgan fingerprint density at radius 3 is 2.78 bits per heavy atom. The first kappa shape index (κ1) is 13.1. The van der Waals surface area contributed by atoms with Gasteiger partial charge in [0.25, 0.3) is 0 Å². The summed E-state index contributed by atoms with van der Waals surface area (Å²) in [5.41, 5.74) is 3.28. The van der Waals surface area contributed by atoms with Crippen LogP contribution in [0.3, 0.4) is 0 Å². The zero-order valence-electron chi connectivity index (χ0n) is 11.1. The van der Waals surface area contributed by atoms with Gasteiger partial charge in [0.05, 0.1) is 11.6 Å². The minimum absolute atomic E-state index is 0.0944. The summed E-state index contributed by atoms with van der Waals surface area (Å²) >= 11 is 0. The number of aliphatic hydroxyl groups is 1. The zero-order valence-corrected chi connectivity index (χ0v) is 11.1.